The number of halogens is 1. The Morgan fingerprint density at radius 2 is 1.74 bits per heavy atom. The van der Waals surface area contributed by atoms with Gasteiger partial charge in [0.05, 0.1) is 40.3 Å². The molecule has 6 rings (SSSR count). The van der Waals surface area contributed by atoms with Gasteiger partial charge in [-0.2, -0.15) is 5.26 Å². The van der Waals surface area contributed by atoms with Crippen LogP contribution in [-0.4, -0.2) is 84.9 Å². The SMILES string of the molecule is CC(C)(c1ccc(OCc2ccnc(NS(C)(=O)=O)n2)cc1)c1cc(Cl)c(OCCOCC(=O)Nc2ccc3c(c2)C(=O)N(C2CCC(=O)NC2=O)C3=O)c(C#N)c1. The zero-order valence-corrected chi connectivity index (χ0v) is 32.9. The number of fused-ring (bicyclic) bond motifs is 1. The molecule has 3 aromatic carbocycles. The number of nitrogens with zero attached hydrogens (tertiary/aromatic N) is 4. The first-order valence-corrected chi connectivity index (χ1v) is 19.9. The largest absolute Gasteiger partial charge is 0.488 e. The number of rotatable bonds is 15. The van der Waals surface area contributed by atoms with Gasteiger partial charge < -0.3 is 19.5 Å². The molecule has 2 aliphatic rings. The molecule has 1 fully saturated rings. The topological polar surface area (TPSA) is 236 Å². The zero-order valence-electron chi connectivity index (χ0n) is 31.3. The first-order valence-electron chi connectivity index (χ1n) is 17.7. The van der Waals surface area contributed by atoms with E-state index in [0.717, 1.165) is 22.3 Å². The molecule has 1 unspecified atom stereocenters. The highest BCUT2D eigenvalue weighted by atomic mass is 35.5. The molecule has 300 valence electrons. The summed E-state index contributed by atoms with van der Waals surface area (Å²) < 4.78 is 42.3. The highest BCUT2D eigenvalue weighted by molar-refractivity contribution is 7.92. The average Bonchev–Trinajstić information content (AvgIpc) is 3.41. The molecule has 1 atom stereocenters. The molecule has 3 N–H and O–H groups in total. The number of sulfonamides is 1. The van der Waals surface area contributed by atoms with E-state index in [4.69, 9.17) is 25.8 Å². The summed E-state index contributed by atoms with van der Waals surface area (Å²) in [5.41, 5.74) is 2.04. The van der Waals surface area contributed by atoms with Crippen molar-refractivity contribution in [2.24, 2.45) is 0 Å². The van der Waals surface area contributed by atoms with Gasteiger partial charge in [-0.3, -0.25) is 38.9 Å². The number of ether oxygens (including phenoxy) is 3. The standard InChI is InChI=1S/C39H36ClN7O10S/c1-39(2,23-4-7-27(8-5-23)57-20-26-12-13-42-38(44-26)46-58(3,53)54)24-16-22(19-41)34(30(40)17-24)56-15-14-55-21-33(49)43-25-6-9-28-29(18-25)37(52)47(36(28)51)31-10-11-32(48)45-35(31)50/h4-9,12-13,16-18,31H,10-11,14-15,20-21H2,1-3H3,(H,43,49)(H,42,44,46)(H,45,48,50). The lowest BCUT2D eigenvalue weighted by atomic mass is 9.77. The highest BCUT2D eigenvalue weighted by Gasteiger charge is 2.44. The van der Waals surface area contributed by atoms with Crippen LogP contribution < -0.4 is 24.8 Å². The second-order valence-corrected chi connectivity index (χ2v) is 15.9. The van der Waals surface area contributed by atoms with E-state index in [2.05, 4.69) is 31.4 Å². The quantitative estimate of drug-likeness (QED) is 0.115. The second kappa shape index (κ2) is 17.0. The molecule has 1 aromatic heterocycles. The number of aromatic nitrogens is 2. The van der Waals surface area contributed by atoms with E-state index in [1.165, 1.54) is 24.4 Å². The van der Waals surface area contributed by atoms with Gasteiger partial charge in [0, 0.05) is 23.7 Å². The van der Waals surface area contributed by atoms with Crippen molar-refractivity contribution >= 4 is 62.8 Å². The number of hydrogen-bond donors (Lipinski definition) is 3. The summed E-state index contributed by atoms with van der Waals surface area (Å²) >= 11 is 6.63. The molecule has 0 spiro atoms. The van der Waals surface area contributed by atoms with Gasteiger partial charge in [0.15, 0.2) is 5.75 Å². The Hall–Kier alpha value is -6.42. The van der Waals surface area contributed by atoms with E-state index >= 15 is 0 Å². The van der Waals surface area contributed by atoms with E-state index in [1.54, 1.807) is 30.3 Å². The summed E-state index contributed by atoms with van der Waals surface area (Å²) in [7, 11) is -3.53. The summed E-state index contributed by atoms with van der Waals surface area (Å²) in [6.45, 7) is 3.57. The van der Waals surface area contributed by atoms with Crippen LogP contribution in [0, 0.1) is 11.3 Å². The molecule has 58 heavy (non-hydrogen) atoms. The van der Waals surface area contributed by atoms with Crippen molar-refractivity contribution in [3.63, 3.8) is 0 Å². The number of amides is 5. The lowest BCUT2D eigenvalue weighted by Gasteiger charge is -2.27. The number of nitrogens with one attached hydrogen (secondary N) is 3. The number of piperidine rings is 1. The van der Waals surface area contributed by atoms with Crippen LogP contribution in [0.2, 0.25) is 5.02 Å². The third-order valence-electron chi connectivity index (χ3n) is 9.27. The minimum absolute atomic E-state index is 0.00366. The van der Waals surface area contributed by atoms with Gasteiger partial charge in [0.1, 0.15) is 37.7 Å². The van der Waals surface area contributed by atoms with E-state index in [0.29, 0.717) is 11.4 Å². The molecule has 1 saturated heterocycles. The summed E-state index contributed by atoms with van der Waals surface area (Å²) in [5, 5.41) is 14.9. The van der Waals surface area contributed by atoms with Gasteiger partial charge in [-0.25, -0.2) is 18.4 Å². The molecular formula is C39H36ClN7O10S. The minimum Gasteiger partial charge on any atom is -0.488 e. The summed E-state index contributed by atoms with van der Waals surface area (Å²) in [4.78, 5) is 71.3. The first-order chi connectivity index (χ1) is 27.5. The van der Waals surface area contributed by atoms with Crippen molar-refractivity contribution < 1.29 is 46.6 Å². The van der Waals surface area contributed by atoms with E-state index in [1.807, 2.05) is 26.0 Å². The van der Waals surface area contributed by atoms with E-state index in [-0.39, 0.29) is 78.4 Å². The molecule has 0 aliphatic carbocycles. The van der Waals surface area contributed by atoms with E-state index in [9.17, 15) is 37.7 Å². The Balaban J connectivity index is 0.992. The molecule has 0 radical (unpaired) electrons. The van der Waals surface area contributed by atoms with Gasteiger partial charge in [-0.1, -0.05) is 37.6 Å². The molecule has 0 bridgehead atoms. The molecule has 2 aliphatic heterocycles. The number of imide groups is 2. The Morgan fingerprint density at radius 1 is 1.00 bits per heavy atom. The van der Waals surface area contributed by atoms with Crippen molar-refractivity contribution in [3.8, 4) is 17.6 Å². The summed E-state index contributed by atoms with van der Waals surface area (Å²) in [6, 6.07) is 17.5. The number of anilines is 2. The molecule has 4 aromatic rings. The molecule has 17 nitrogen and oxygen atoms in total. The predicted octanol–water partition coefficient (Wildman–Crippen LogP) is 3.71. The van der Waals surface area contributed by atoms with Crippen molar-refractivity contribution in [2.45, 2.75) is 44.8 Å². The number of carbonyl (C=O) groups is 5. The molecule has 3 heterocycles. The van der Waals surface area contributed by atoms with Crippen LogP contribution in [0.1, 0.15) is 69.8 Å². The van der Waals surface area contributed by atoms with Crippen LogP contribution in [0.3, 0.4) is 0 Å². The summed E-state index contributed by atoms with van der Waals surface area (Å²) in [6.07, 6.45) is 2.45. The van der Waals surface area contributed by atoms with Gasteiger partial charge in [0.2, 0.25) is 33.7 Å². The highest BCUT2D eigenvalue weighted by Crippen LogP contribution is 2.39. The monoisotopic (exact) mass is 829 g/mol. The number of hydrogen-bond acceptors (Lipinski definition) is 13. The fraction of sp³-hybridized carbons (Fsp3) is 0.282. The lowest BCUT2D eigenvalue weighted by molar-refractivity contribution is -0.136. The Kier molecular flexibility index (Phi) is 12.1. The molecule has 19 heteroatoms. The Morgan fingerprint density at radius 3 is 2.45 bits per heavy atom. The predicted molar refractivity (Wildman–Crippen MR) is 208 cm³/mol. The van der Waals surface area contributed by atoms with Crippen molar-refractivity contribution in [1.82, 2.24) is 20.2 Å². The maximum Gasteiger partial charge on any atom is 0.262 e. The normalized spacial score (nSPS) is 15.4. The van der Waals surface area contributed by atoms with Crippen LogP contribution in [-0.2, 0) is 41.2 Å². The van der Waals surface area contributed by atoms with Gasteiger partial charge in [0.25, 0.3) is 11.8 Å². The van der Waals surface area contributed by atoms with Gasteiger partial charge in [-0.05, 0) is 66.1 Å². The average molecular weight is 830 g/mol. The van der Waals surface area contributed by atoms with Crippen molar-refractivity contribution in [3.05, 3.63) is 105 Å². The fourth-order valence-corrected chi connectivity index (χ4v) is 6.98. The van der Waals surface area contributed by atoms with Crippen LogP contribution in [0.15, 0.2) is 66.9 Å². The van der Waals surface area contributed by atoms with Crippen LogP contribution in [0.25, 0.3) is 0 Å². The minimum atomic E-state index is -3.53. The smallest absolute Gasteiger partial charge is 0.262 e. The molecular weight excluding hydrogens is 794 g/mol. The summed E-state index contributed by atoms with van der Waals surface area (Å²) in [5.74, 6) is -2.46. The maximum atomic E-state index is 13.1. The van der Waals surface area contributed by atoms with Gasteiger partial charge >= 0.3 is 0 Å². The zero-order chi connectivity index (χ0) is 41.8. The molecule has 5 amide bonds. The Bertz CT molecular complexity index is 2470. The fourth-order valence-electron chi connectivity index (χ4n) is 6.28. The third-order valence-corrected chi connectivity index (χ3v) is 10.1. The molecule has 0 saturated carbocycles. The van der Waals surface area contributed by atoms with Gasteiger partial charge in [-0.15, -0.1) is 0 Å². The van der Waals surface area contributed by atoms with Crippen molar-refractivity contribution in [1.29, 1.82) is 5.26 Å². The third kappa shape index (κ3) is 9.40. The van der Waals surface area contributed by atoms with Crippen LogP contribution >= 0.6 is 11.6 Å². The van der Waals surface area contributed by atoms with Crippen LogP contribution in [0.4, 0.5) is 11.6 Å². The maximum absolute atomic E-state index is 13.1. The first kappa shape index (κ1) is 41.2. The van der Waals surface area contributed by atoms with Crippen LogP contribution in [0.5, 0.6) is 11.5 Å². The second-order valence-electron chi connectivity index (χ2n) is 13.8. The lowest BCUT2D eigenvalue weighted by Crippen LogP contribution is -2.54. The van der Waals surface area contributed by atoms with E-state index < -0.39 is 51.0 Å². The number of nitriles is 1. The number of benzene rings is 3. The van der Waals surface area contributed by atoms with Crippen molar-refractivity contribution in [2.75, 3.05) is 36.1 Å². The Labute approximate surface area is 337 Å². The number of carbonyl (C=O) groups excluding carboxylic acids is 5.